The third-order valence-corrected chi connectivity index (χ3v) is 5.25. The molecule has 1 N–H and O–H groups in total. The lowest BCUT2D eigenvalue weighted by Gasteiger charge is -2.09. The van der Waals surface area contributed by atoms with Gasteiger partial charge in [-0.05, 0) is 39.0 Å². The molecule has 3 aromatic rings. The predicted octanol–water partition coefficient (Wildman–Crippen LogP) is 4.45. The minimum atomic E-state index is -0.472. The Morgan fingerprint density at radius 2 is 2.07 bits per heavy atom. The molecule has 2 aromatic heterocycles. The van der Waals surface area contributed by atoms with Crippen molar-refractivity contribution < 1.29 is 14.2 Å². The van der Waals surface area contributed by atoms with E-state index < -0.39 is 4.92 Å². The molecule has 3 rings (SSSR count). The number of anilines is 1. The lowest BCUT2D eigenvalue weighted by atomic mass is 10.1. The number of hydrogen-bond donors (Lipinski definition) is 1. The van der Waals surface area contributed by atoms with Crippen molar-refractivity contribution in [2.24, 2.45) is 0 Å². The van der Waals surface area contributed by atoms with Gasteiger partial charge in [-0.15, -0.1) is 11.8 Å². The van der Waals surface area contributed by atoms with Crippen LogP contribution in [0.25, 0.3) is 0 Å². The number of rotatable bonds is 6. The van der Waals surface area contributed by atoms with Crippen LogP contribution in [0.4, 0.5) is 11.4 Å². The van der Waals surface area contributed by atoms with Gasteiger partial charge in [-0.2, -0.15) is 0 Å². The minimum absolute atomic E-state index is 0.0445. The van der Waals surface area contributed by atoms with Gasteiger partial charge in [-0.3, -0.25) is 14.9 Å². The van der Waals surface area contributed by atoms with E-state index in [1.165, 1.54) is 17.8 Å². The van der Waals surface area contributed by atoms with Crippen molar-refractivity contribution in [3.63, 3.8) is 0 Å². The van der Waals surface area contributed by atoms with Crippen molar-refractivity contribution >= 4 is 29.0 Å². The first kappa shape index (κ1) is 19.6. The first-order valence-corrected chi connectivity index (χ1v) is 9.41. The van der Waals surface area contributed by atoms with Crippen LogP contribution < -0.4 is 5.32 Å². The van der Waals surface area contributed by atoms with Crippen molar-refractivity contribution in [1.29, 1.82) is 0 Å². The second-order valence-corrected chi connectivity index (χ2v) is 7.12. The van der Waals surface area contributed by atoms with Gasteiger partial charge < -0.3 is 9.84 Å². The summed E-state index contributed by atoms with van der Waals surface area (Å²) in [4.78, 5) is 27.7. The zero-order valence-electron chi connectivity index (χ0n) is 15.6. The maximum Gasteiger partial charge on any atom is 0.274 e. The average molecular weight is 398 g/mol. The summed E-state index contributed by atoms with van der Waals surface area (Å²) in [5.74, 6) is 0.917. The molecule has 1 amide bonds. The summed E-state index contributed by atoms with van der Waals surface area (Å²) < 4.78 is 5.16. The van der Waals surface area contributed by atoms with Crippen LogP contribution in [0.15, 0.2) is 46.1 Å². The second kappa shape index (κ2) is 8.22. The maximum absolute atomic E-state index is 12.7. The Labute approximate surface area is 165 Å². The summed E-state index contributed by atoms with van der Waals surface area (Å²) >= 11 is 1.40. The molecular formula is C19H18N4O4S. The van der Waals surface area contributed by atoms with Crippen LogP contribution >= 0.6 is 11.8 Å². The minimum Gasteiger partial charge on any atom is -0.361 e. The fraction of sp³-hybridized carbons (Fsp3) is 0.211. The fourth-order valence-corrected chi connectivity index (χ4v) is 3.75. The highest BCUT2D eigenvalue weighted by atomic mass is 32.2. The number of nitro groups is 1. The highest BCUT2D eigenvalue weighted by Crippen LogP contribution is 2.28. The van der Waals surface area contributed by atoms with Gasteiger partial charge in [-0.25, -0.2) is 4.98 Å². The number of carbonyl (C=O) groups excluding carboxylic acids is 1. The highest BCUT2D eigenvalue weighted by molar-refractivity contribution is 7.98. The summed E-state index contributed by atoms with van der Waals surface area (Å²) in [5, 5.41) is 18.3. The molecule has 0 fully saturated rings. The van der Waals surface area contributed by atoms with Crippen LogP contribution in [0.3, 0.4) is 0 Å². The van der Waals surface area contributed by atoms with Gasteiger partial charge in [-0.1, -0.05) is 11.2 Å². The Bertz CT molecular complexity index is 1030. The lowest BCUT2D eigenvalue weighted by molar-refractivity contribution is -0.385. The molecule has 0 saturated carbocycles. The summed E-state index contributed by atoms with van der Waals surface area (Å²) in [6.07, 6.45) is 1.61. The average Bonchev–Trinajstić information content (AvgIpc) is 2.99. The standard InChI is InChI=1S/C19H18N4O4S/c1-11-6-7-14(9-17(11)23(25)26)21-18(24)15-5-4-8-20-19(15)28-10-16-12(2)22-27-13(16)3/h4-9H,10H2,1-3H3,(H,21,24). The molecule has 0 atom stereocenters. The molecule has 8 nitrogen and oxygen atoms in total. The summed E-state index contributed by atoms with van der Waals surface area (Å²) in [5.41, 5.74) is 3.00. The molecule has 0 spiro atoms. The van der Waals surface area contributed by atoms with E-state index in [1.54, 1.807) is 37.4 Å². The van der Waals surface area contributed by atoms with Crippen molar-refractivity contribution in [3.8, 4) is 0 Å². The zero-order chi connectivity index (χ0) is 20.3. The second-order valence-electron chi connectivity index (χ2n) is 6.16. The number of amides is 1. The van der Waals surface area contributed by atoms with Gasteiger partial charge in [0.1, 0.15) is 10.8 Å². The van der Waals surface area contributed by atoms with Gasteiger partial charge in [0.05, 0.1) is 16.2 Å². The van der Waals surface area contributed by atoms with Crippen LogP contribution in [0.2, 0.25) is 0 Å². The van der Waals surface area contributed by atoms with E-state index in [2.05, 4.69) is 15.5 Å². The summed E-state index contributed by atoms with van der Waals surface area (Å²) in [6, 6.07) is 7.92. The Hall–Kier alpha value is -3.20. The zero-order valence-corrected chi connectivity index (χ0v) is 16.4. The van der Waals surface area contributed by atoms with Gasteiger partial charge >= 0.3 is 0 Å². The number of aryl methyl sites for hydroxylation is 3. The predicted molar refractivity (Wildman–Crippen MR) is 106 cm³/mol. The highest BCUT2D eigenvalue weighted by Gasteiger charge is 2.17. The van der Waals surface area contributed by atoms with Crippen molar-refractivity contribution in [2.45, 2.75) is 31.6 Å². The Balaban J connectivity index is 1.79. The monoisotopic (exact) mass is 398 g/mol. The fourth-order valence-electron chi connectivity index (χ4n) is 2.61. The number of pyridine rings is 1. The van der Waals surface area contributed by atoms with Crippen molar-refractivity contribution in [2.75, 3.05) is 5.32 Å². The molecule has 0 radical (unpaired) electrons. The van der Waals surface area contributed by atoms with E-state index in [1.807, 2.05) is 13.8 Å². The van der Waals surface area contributed by atoms with Crippen LogP contribution in [0.1, 0.15) is 32.9 Å². The van der Waals surface area contributed by atoms with Gasteiger partial charge in [0.2, 0.25) is 0 Å². The molecule has 0 aliphatic carbocycles. The molecule has 0 aliphatic rings. The molecule has 1 aromatic carbocycles. The number of aromatic nitrogens is 2. The van der Waals surface area contributed by atoms with Crippen LogP contribution in [0.5, 0.6) is 0 Å². The van der Waals surface area contributed by atoms with Crippen molar-refractivity contribution in [3.05, 3.63) is 74.8 Å². The Morgan fingerprint density at radius 1 is 1.29 bits per heavy atom. The Morgan fingerprint density at radius 3 is 2.75 bits per heavy atom. The van der Waals surface area contributed by atoms with Crippen molar-refractivity contribution in [1.82, 2.24) is 10.1 Å². The topological polar surface area (TPSA) is 111 Å². The molecule has 0 saturated heterocycles. The van der Waals surface area contributed by atoms with Gasteiger partial charge in [0.15, 0.2) is 0 Å². The van der Waals surface area contributed by atoms with Crippen LogP contribution in [-0.2, 0) is 5.75 Å². The third kappa shape index (κ3) is 4.20. The maximum atomic E-state index is 12.7. The molecule has 0 unspecified atom stereocenters. The number of benzene rings is 1. The normalized spacial score (nSPS) is 10.7. The van der Waals surface area contributed by atoms with Gasteiger partial charge in [0.25, 0.3) is 11.6 Å². The van der Waals surface area contributed by atoms with E-state index >= 15 is 0 Å². The van der Waals surface area contributed by atoms with Gasteiger partial charge in [0, 0.05) is 34.8 Å². The van der Waals surface area contributed by atoms with E-state index in [-0.39, 0.29) is 11.6 Å². The number of carbonyl (C=O) groups is 1. The van der Waals surface area contributed by atoms with E-state index in [4.69, 9.17) is 4.52 Å². The summed E-state index contributed by atoms with van der Waals surface area (Å²) in [7, 11) is 0. The molecule has 9 heteroatoms. The lowest BCUT2D eigenvalue weighted by Crippen LogP contribution is -2.14. The Kier molecular flexibility index (Phi) is 5.74. The molecule has 0 bridgehead atoms. The number of hydrogen-bond acceptors (Lipinski definition) is 7. The quantitative estimate of drug-likeness (QED) is 0.371. The largest absolute Gasteiger partial charge is 0.361 e. The first-order chi connectivity index (χ1) is 13.4. The molecule has 2 heterocycles. The number of nitrogens with zero attached hydrogens (tertiary/aromatic N) is 3. The number of nitro benzene ring substituents is 1. The SMILES string of the molecule is Cc1ccc(NC(=O)c2cccnc2SCc2c(C)noc2C)cc1[N+](=O)[O-]. The summed E-state index contributed by atoms with van der Waals surface area (Å²) in [6.45, 7) is 5.35. The smallest absolute Gasteiger partial charge is 0.274 e. The molecule has 144 valence electrons. The van der Waals surface area contributed by atoms with E-state index in [0.717, 1.165) is 17.0 Å². The van der Waals surface area contributed by atoms with Crippen LogP contribution in [-0.4, -0.2) is 21.0 Å². The third-order valence-electron chi connectivity index (χ3n) is 4.21. The van der Waals surface area contributed by atoms with Crippen LogP contribution in [0, 0.1) is 30.9 Å². The van der Waals surface area contributed by atoms with E-state index in [9.17, 15) is 14.9 Å². The number of thioether (sulfide) groups is 1. The van der Waals surface area contributed by atoms with E-state index in [0.29, 0.717) is 27.6 Å². The molecular weight excluding hydrogens is 380 g/mol. The molecule has 0 aliphatic heterocycles. The number of nitrogens with one attached hydrogen (secondary N) is 1. The molecule has 28 heavy (non-hydrogen) atoms. The first-order valence-electron chi connectivity index (χ1n) is 8.42.